The van der Waals surface area contributed by atoms with Gasteiger partial charge in [0.15, 0.2) is 5.82 Å². The number of rotatable bonds is 5. The highest BCUT2D eigenvalue weighted by atomic mass is 32.1. The number of benzene rings is 1. The fraction of sp³-hybridized carbons (Fsp3) is 0.235. The van der Waals surface area contributed by atoms with E-state index in [1.807, 2.05) is 37.2 Å². The van der Waals surface area contributed by atoms with Crippen LogP contribution in [0.4, 0.5) is 11.5 Å². The number of nitro groups is 1. The third kappa shape index (κ3) is 3.97. The maximum atomic E-state index is 10.8. The lowest BCUT2D eigenvalue weighted by molar-refractivity contribution is -0.384. The molecule has 25 heavy (non-hydrogen) atoms. The number of aryl methyl sites for hydroxylation is 2. The van der Waals surface area contributed by atoms with Gasteiger partial charge in [-0.15, -0.1) is 11.3 Å². The van der Waals surface area contributed by atoms with E-state index in [0.29, 0.717) is 12.4 Å². The van der Waals surface area contributed by atoms with Crippen molar-refractivity contribution in [3.63, 3.8) is 0 Å². The van der Waals surface area contributed by atoms with Crippen molar-refractivity contribution in [1.82, 2.24) is 15.0 Å². The van der Waals surface area contributed by atoms with Crippen molar-refractivity contribution in [3.8, 4) is 11.4 Å². The Morgan fingerprint density at radius 1 is 1.12 bits per heavy atom. The second kappa shape index (κ2) is 6.94. The van der Waals surface area contributed by atoms with Gasteiger partial charge < -0.3 is 4.90 Å². The molecule has 0 aliphatic heterocycles. The molecule has 0 bridgehead atoms. The van der Waals surface area contributed by atoms with Gasteiger partial charge in [0, 0.05) is 47.6 Å². The molecule has 3 aromatic rings. The first kappa shape index (κ1) is 17.0. The quantitative estimate of drug-likeness (QED) is 0.512. The van der Waals surface area contributed by atoms with Crippen molar-refractivity contribution >= 4 is 22.8 Å². The second-order valence-electron chi connectivity index (χ2n) is 5.73. The molecule has 0 aliphatic carbocycles. The topological polar surface area (TPSA) is 85.0 Å². The predicted octanol–water partition coefficient (Wildman–Crippen LogP) is 3.76. The highest BCUT2D eigenvalue weighted by Gasteiger charge is 2.12. The van der Waals surface area contributed by atoms with Crippen LogP contribution in [0.2, 0.25) is 0 Å². The fourth-order valence-electron chi connectivity index (χ4n) is 2.37. The first-order chi connectivity index (χ1) is 11.9. The summed E-state index contributed by atoms with van der Waals surface area (Å²) in [6, 6.07) is 8.17. The normalized spacial score (nSPS) is 10.7. The maximum absolute atomic E-state index is 10.8. The number of aromatic nitrogens is 3. The van der Waals surface area contributed by atoms with E-state index >= 15 is 0 Å². The lowest BCUT2D eigenvalue weighted by Crippen LogP contribution is -2.18. The molecule has 0 amide bonds. The Kier molecular flexibility index (Phi) is 4.71. The maximum Gasteiger partial charge on any atom is 0.269 e. The molecule has 0 N–H and O–H groups in total. The van der Waals surface area contributed by atoms with Gasteiger partial charge in [-0.05, 0) is 26.0 Å². The lowest BCUT2D eigenvalue weighted by Gasteiger charge is -2.18. The smallest absolute Gasteiger partial charge is 0.269 e. The van der Waals surface area contributed by atoms with Crippen molar-refractivity contribution in [1.29, 1.82) is 0 Å². The van der Waals surface area contributed by atoms with Crippen molar-refractivity contribution in [3.05, 3.63) is 62.2 Å². The molecule has 3 rings (SSSR count). The summed E-state index contributed by atoms with van der Waals surface area (Å²) in [6.07, 6.45) is 0. The van der Waals surface area contributed by atoms with Crippen LogP contribution in [0.1, 0.15) is 16.4 Å². The summed E-state index contributed by atoms with van der Waals surface area (Å²) >= 11 is 1.62. The minimum atomic E-state index is -0.421. The summed E-state index contributed by atoms with van der Waals surface area (Å²) in [5, 5.41) is 13.8. The van der Waals surface area contributed by atoms with Gasteiger partial charge in [0.2, 0.25) is 0 Å². The van der Waals surface area contributed by atoms with E-state index in [9.17, 15) is 10.1 Å². The second-order valence-corrected chi connectivity index (χ2v) is 6.68. The summed E-state index contributed by atoms with van der Waals surface area (Å²) in [5.41, 5.74) is 2.64. The van der Waals surface area contributed by atoms with E-state index in [1.54, 1.807) is 23.5 Å². The van der Waals surface area contributed by atoms with Gasteiger partial charge in [-0.1, -0.05) is 0 Å². The molecule has 0 saturated heterocycles. The van der Waals surface area contributed by atoms with Crippen LogP contribution in [0, 0.1) is 24.0 Å². The molecule has 0 radical (unpaired) electrons. The number of hydrogen-bond acceptors (Lipinski definition) is 7. The first-order valence-electron chi connectivity index (χ1n) is 7.65. The molecule has 0 atom stereocenters. The van der Waals surface area contributed by atoms with Crippen LogP contribution < -0.4 is 4.90 Å². The van der Waals surface area contributed by atoms with Crippen LogP contribution in [0.5, 0.6) is 0 Å². The molecule has 8 heteroatoms. The molecule has 2 heterocycles. The van der Waals surface area contributed by atoms with Gasteiger partial charge in [0.1, 0.15) is 10.8 Å². The number of hydrogen-bond donors (Lipinski definition) is 0. The predicted molar refractivity (Wildman–Crippen MR) is 97.8 cm³/mol. The summed E-state index contributed by atoms with van der Waals surface area (Å²) < 4.78 is 0. The monoisotopic (exact) mass is 355 g/mol. The average molecular weight is 355 g/mol. The van der Waals surface area contributed by atoms with Gasteiger partial charge in [0.05, 0.1) is 11.5 Å². The van der Waals surface area contributed by atoms with Crippen LogP contribution in [-0.4, -0.2) is 26.9 Å². The Labute approximate surface area is 149 Å². The molecular formula is C17H17N5O2S. The molecule has 0 unspecified atom stereocenters. The van der Waals surface area contributed by atoms with Crippen LogP contribution >= 0.6 is 11.3 Å². The minimum Gasteiger partial charge on any atom is -0.353 e. The Morgan fingerprint density at radius 2 is 1.84 bits per heavy atom. The number of nitrogens with zero attached hydrogens (tertiary/aromatic N) is 5. The molecule has 7 nitrogen and oxygen atoms in total. The van der Waals surface area contributed by atoms with Crippen LogP contribution in [-0.2, 0) is 6.54 Å². The Hall–Kier alpha value is -2.87. The summed E-state index contributed by atoms with van der Waals surface area (Å²) in [5.74, 6) is 1.33. The molecule has 0 fully saturated rings. The van der Waals surface area contributed by atoms with E-state index in [4.69, 9.17) is 0 Å². The summed E-state index contributed by atoms with van der Waals surface area (Å²) in [7, 11) is 1.96. The number of non-ortho nitro benzene ring substituents is 1. The first-order valence-corrected chi connectivity index (χ1v) is 8.53. The van der Waals surface area contributed by atoms with Crippen molar-refractivity contribution < 1.29 is 4.92 Å². The Balaban J connectivity index is 1.88. The van der Waals surface area contributed by atoms with Crippen LogP contribution in [0.15, 0.2) is 35.7 Å². The largest absolute Gasteiger partial charge is 0.353 e. The lowest BCUT2D eigenvalue weighted by atomic mass is 10.2. The van der Waals surface area contributed by atoms with Crippen molar-refractivity contribution in [2.24, 2.45) is 0 Å². The number of nitro benzene ring substituents is 1. The summed E-state index contributed by atoms with van der Waals surface area (Å²) in [4.78, 5) is 25.9. The molecular weight excluding hydrogens is 338 g/mol. The highest BCUT2D eigenvalue weighted by Crippen LogP contribution is 2.23. The average Bonchev–Trinajstić information content (AvgIpc) is 2.99. The Bertz CT molecular complexity index is 908. The zero-order valence-electron chi connectivity index (χ0n) is 14.1. The standard InChI is InChI=1S/C17H17N5O2S/c1-11-8-15(21(3)9-16-18-12(2)10-25-16)20-17(19-11)13-4-6-14(7-5-13)22(23)24/h4-8,10H,9H2,1-3H3. The van der Waals surface area contributed by atoms with E-state index in [-0.39, 0.29) is 5.69 Å². The van der Waals surface area contributed by atoms with Gasteiger partial charge in [-0.25, -0.2) is 15.0 Å². The SMILES string of the molecule is Cc1cc(N(C)Cc2nc(C)cs2)nc(-c2ccc([N+](=O)[O-])cc2)n1. The van der Waals surface area contributed by atoms with Gasteiger partial charge in [-0.2, -0.15) is 0 Å². The molecule has 1 aromatic carbocycles. The van der Waals surface area contributed by atoms with E-state index in [0.717, 1.165) is 27.8 Å². The van der Waals surface area contributed by atoms with E-state index < -0.39 is 4.92 Å². The van der Waals surface area contributed by atoms with Gasteiger partial charge in [-0.3, -0.25) is 10.1 Å². The van der Waals surface area contributed by atoms with Crippen LogP contribution in [0.25, 0.3) is 11.4 Å². The van der Waals surface area contributed by atoms with Crippen LogP contribution in [0.3, 0.4) is 0 Å². The van der Waals surface area contributed by atoms with Crippen molar-refractivity contribution in [2.45, 2.75) is 20.4 Å². The van der Waals surface area contributed by atoms with E-state index in [2.05, 4.69) is 15.0 Å². The number of anilines is 1. The third-order valence-corrected chi connectivity index (χ3v) is 4.56. The third-order valence-electron chi connectivity index (χ3n) is 3.61. The highest BCUT2D eigenvalue weighted by molar-refractivity contribution is 7.09. The minimum absolute atomic E-state index is 0.0490. The molecule has 0 aliphatic rings. The van der Waals surface area contributed by atoms with Crippen molar-refractivity contribution in [2.75, 3.05) is 11.9 Å². The summed E-state index contributed by atoms with van der Waals surface area (Å²) in [6.45, 7) is 4.54. The zero-order chi connectivity index (χ0) is 18.0. The van der Waals surface area contributed by atoms with Gasteiger partial charge >= 0.3 is 0 Å². The molecule has 2 aromatic heterocycles. The molecule has 0 saturated carbocycles. The molecule has 0 spiro atoms. The number of thiazole rings is 1. The zero-order valence-corrected chi connectivity index (χ0v) is 14.9. The van der Waals surface area contributed by atoms with Gasteiger partial charge in [0.25, 0.3) is 5.69 Å². The fourth-order valence-corrected chi connectivity index (χ4v) is 3.19. The van der Waals surface area contributed by atoms with E-state index in [1.165, 1.54) is 12.1 Å². The Morgan fingerprint density at radius 3 is 2.44 bits per heavy atom. The molecule has 128 valence electrons.